The first kappa shape index (κ1) is 14.8. The van der Waals surface area contributed by atoms with Crippen LogP contribution in [0.5, 0.6) is 0 Å². The van der Waals surface area contributed by atoms with Crippen LogP contribution < -0.4 is 5.32 Å². The Kier molecular flexibility index (Phi) is 4.95. The highest BCUT2D eigenvalue weighted by molar-refractivity contribution is 5.85. The third kappa shape index (κ3) is 3.60. The fraction of sp³-hybridized carbons (Fsp3) is 0.833. The Morgan fingerprint density at radius 2 is 1.89 bits per heavy atom. The van der Waals surface area contributed by atoms with E-state index < -0.39 is 11.5 Å². The van der Waals surface area contributed by atoms with E-state index in [0.717, 1.165) is 19.6 Å². The third-order valence-electron chi connectivity index (χ3n) is 3.57. The van der Waals surface area contributed by atoms with Crippen LogP contribution in [0.1, 0.15) is 26.7 Å². The Morgan fingerprint density at radius 1 is 1.33 bits per heavy atom. The predicted molar refractivity (Wildman–Crippen MR) is 68.6 cm³/mol. The Bertz CT molecular complexity index is 312. The van der Waals surface area contributed by atoms with Gasteiger partial charge in [0.05, 0.1) is 0 Å². The van der Waals surface area contributed by atoms with Crippen molar-refractivity contribution in [1.82, 2.24) is 15.1 Å². The van der Waals surface area contributed by atoms with Crippen molar-refractivity contribution in [3.8, 4) is 0 Å². The number of carboxylic acid groups (broad SMARTS) is 1. The number of carboxylic acids is 1. The van der Waals surface area contributed by atoms with Gasteiger partial charge in [0.25, 0.3) is 0 Å². The van der Waals surface area contributed by atoms with Crippen LogP contribution in [0.15, 0.2) is 0 Å². The highest BCUT2D eigenvalue weighted by Gasteiger charge is 2.35. The van der Waals surface area contributed by atoms with Gasteiger partial charge in [-0.3, -0.25) is 0 Å². The Hall–Kier alpha value is -1.30. The molecule has 18 heavy (non-hydrogen) atoms. The Morgan fingerprint density at radius 3 is 2.39 bits per heavy atom. The fourth-order valence-electron chi connectivity index (χ4n) is 1.84. The van der Waals surface area contributed by atoms with E-state index in [1.54, 1.807) is 0 Å². The van der Waals surface area contributed by atoms with Gasteiger partial charge in [-0.05, 0) is 39.8 Å². The lowest BCUT2D eigenvalue weighted by atomic mass is 10.1. The summed E-state index contributed by atoms with van der Waals surface area (Å²) >= 11 is 0. The second kappa shape index (κ2) is 6.04. The summed E-state index contributed by atoms with van der Waals surface area (Å²) in [5.41, 5.74) is -1.20. The van der Waals surface area contributed by atoms with Crippen LogP contribution in [0, 0.1) is 0 Å². The van der Waals surface area contributed by atoms with Crippen LogP contribution in [0.3, 0.4) is 0 Å². The summed E-state index contributed by atoms with van der Waals surface area (Å²) in [6.07, 6.45) is 2.44. The summed E-state index contributed by atoms with van der Waals surface area (Å²) < 4.78 is 0. The summed E-state index contributed by atoms with van der Waals surface area (Å²) in [7, 11) is 1.50. The molecular formula is C12H23N3O3. The van der Waals surface area contributed by atoms with Gasteiger partial charge in [0, 0.05) is 20.1 Å². The van der Waals surface area contributed by atoms with Crippen molar-refractivity contribution >= 4 is 12.0 Å². The SMILES string of the molecule is CN(C(=O)NCCN1CCCC1)C(C)(C)C(=O)O. The van der Waals surface area contributed by atoms with Gasteiger partial charge in [-0.15, -0.1) is 0 Å². The van der Waals surface area contributed by atoms with Crippen molar-refractivity contribution in [2.75, 3.05) is 33.2 Å². The first-order valence-electron chi connectivity index (χ1n) is 6.33. The molecule has 2 N–H and O–H groups in total. The number of rotatable bonds is 5. The average molecular weight is 257 g/mol. The van der Waals surface area contributed by atoms with Gasteiger partial charge in [0.1, 0.15) is 5.54 Å². The quantitative estimate of drug-likeness (QED) is 0.756. The number of likely N-dealkylation sites (tertiary alicyclic amines) is 1. The number of hydrogen-bond donors (Lipinski definition) is 2. The number of carbonyl (C=O) groups excluding carboxylic acids is 1. The zero-order chi connectivity index (χ0) is 13.8. The van der Waals surface area contributed by atoms with E-state index in [1.807, 2.05) is 0 Å². The van der Waals surface area contributed by atoms with E-state index in [-0.39, 0.29) is 6.03 Å². The molecule has 1 heterocycles. The molecular weight excluding hydrogens is 234 g/mol. The molecule has 0 saturated carbocycles. The van der Waals surface area contributed by atoms with Crippen LogP contribution >= 0.6 is 0 Å². The lowest BCUT2D eigenvalue weighted by Gasteiger charge is -2.31. The molecule has 0 aromatic carbocycles. The fourth-order valence-corrected chi connectivity index (χ4v) is 1.84. The second-order valence-corrected chi connectivity index (χ2v) is 5.20. The van der Waals surface area contributed by atoms with Gasteiger partial charge >= 0.3 is 12.0 Å². The number of likely N-dealkylation sites (N-methyl/N-ethyl adjacent to an activating group) is 1. The number of aliphatic carboxylic acids is 1. The molecule has 0 radical (unpaired) electrons. The molecule has 6 nitrogen and oxygen atoms in total. The predicted octanol–water partition coefficient (Wildman–Crippen LogP) is 0.587. The van der Waals surface area contributed by atoms with Gasteiger partial charge < -0.3 is 20.2 Å². The van der Waals surface area contributed by atoms with E-state index in [4.69, 9.17) is 5.11 Å². The Labute approximate surface area is 108 Å². The largest absolute Gasteiger partial charge is 0.480 e. The maximum atomic E-state index is 11.8. The van der Waals surface area contributed by atoms with Crippen molar-refractivity contribution < 1.29 is 14.7 Å². The van der Waals surface area contributed by atoms with Crippen LogP contribution in [0.25, 0.3) is 0 Å². The zero-order valence-corrected chi connectivity index (χ0v) is 11.4. The van der Waals surface area contributed by atoms with Gasteiger partial charge in [-0.25, -0.2) is 9.59 Å². The molecule has 1 rings (SSSR count). The highest BCUT2D eigenvalue weighted by atomic mass is 16.4. The molecule has 1 aliphatic heterocycles. The second-order valence-electron chi connectivity index (χ2n) is 5.20. The van der Waals surface area contributed by atoms with Crippen LogP contribution in [-0.2, 0) is 4.79 Å². The number of hydrogen-bond acceptors (Lipinski definition) is 3. The smallest absolute Gasteiger partial charge is 0.329 e. The number of nitrogens with one attached hydrogen (secondary N) is 1. The highest BCUT2D eigenvalue weighted by Crippen LogP contribution is 2.12. The summed E-state index contributed by atoms with van der Waals surface area (Å²) in [5, 5.41) is 11.8. The zero-order valence-electron chi connectivity index (χ0n) is 11.4. The summed E-state index contributed by atoms with van der Waals surface area (Å²) in [6, 6.07) is -0.346. The standard InChI is InChI=1S/C12H23N3O3/c1-12(2,10(16)17)14(3)11(18)13-6-9-15-7-4-5-8-15/h4-9H2,1-3H3,(H,13,18)(H,16,17). The Balaban J connectivity index is 2.33. The normalized spacial score (nSPS) is 16.6. The summed E-state index contributed by atoms with van der Waals surface area (Å²) in [6.45, 7) is 6.58. The number of urea groups is 1. The van der Waals surface area contributed by atoms with Crippen LogP contribution in [-0.4, -0.2) is 65.7 Å². The maximum Gasteiger partial charge on any atom is 0.329 e. The van der Waals surface area contributed by atoms with Gasteiger partial charge in [0.2, 0.25) is 0 Å². The molecule has 2 amide bonds. The molecule has 0 unspecified atom stereocenters. The number of carbonyl (C=O) groups is 2. The van der Waals surface area contributed by atoms with E-state index in [0.29, 0.717) is 6.54 Å². The molecule has 0 aromatic rings. The minimum absolute atomic E-state index is 0.346. The summed E-state index contributed by atoms with van der Waals surface area (Å²) in [5.74, 6) is -1.01. The van der Waals surface area contributed by atoms with Gasteiger partial charge in [-0.2, -0.15) is 0 Å². The molecule has 0 atom stereocenters. The topological polar surface area (TPSA) is 72.9 Å². The number of amides is 2. The third-order valence-corrected chi connectivity index (χ3v) is 3.57. The molecule has 6 heteroatoms. The lowest BCUT2D eigenvalue weighted by molar-refractivity contribution is -0.146. The molecule has 0 spiro atoms. The minimum Gasteiger partial charge on any atom is -0.480 e. The number of nitrogens with zero attached hydrogens (tertiary/aromatic N) is 2. The molecule has 0 aliphatic carbocycles. The van der Waals surface area contributed by atoms with E-state index in [2.05, 4.69) is 10.2 Å². The van der Waals surface area contributed by atoms with Gasteiger partial charge in [-0.1, -0.05) is 0 Å². The van der Waals surface area contributed by atoms with E-state index in [9.17, 15) is 9.59 Å². The van der Waals surface area contributed by atoms with Crippen LogP contribution in [0.4, 0.5) is 4.79 Å². The van der Waals surface area contributed by atoms with Crippen molar-refractivity contribution in [3.05, 3.63) is 0 Å². The van der Waals surface area contributed by atoms with Crippen molar-refractivity contribution in [2.45, 2.75) is 32.2 Å². The lowest BCUT2D eigenvalue weighted by Crippen LogP contribution is -2.54. The molecule has 0 aromatic heterocycles. The van der Waals surface area contributed by atoms with Crippen molar-refractivity contribution in [1.29, 1.82) is 0 Å². The van der Waals surface area contributed by atoms with Gasteiger partial charge in [0.15, 0.2) is 0 Å². The average Bonchev–Trinajstić information content (AvgIpc) is 2.80. The monoisotopic (exact) mass is 257 g/mol. The van der Waals surface area contributed by atoms with Crippen molar-refractivity contribution in [2.24, 2.45) is 0 Å². The van der Waals surface area contributed by atoms with E-state index >= 15 is 0 Å². The first-order valence-corrected chi connectivity index (χ1v) is 6.33. The molecule has 1 saturated heterocycles. The first-order chi connectivity index (χ1) is 8.35. The van der Waals surface area contributed by atoms with Crippen LogP contribution in [0.2, 0.25) is 0 Å². The molecule has 0 bridgehead atoms. The molecule has 1 fully saturated rings. The van der Waals surface area contributed by atoms with E-state index in [1.165, 1.54) is 38.6 Å². The maximum absolute atomic E-state index is 11.8. The summed E-state index contributed by atoms with van der Waals surface area (Å²) in [4.78, 5) is 26.3. The molecule has 104 valence electrons. The van der Waals surface area contributed by atoms with Crippen molar-refractivity contribution in [3.63, 3.8) is 0 Å². The minimum atomic E-state index is -1.20. The molecule has 1 aliphatic rings.